The van der Waals surface area contributed by atoms with Crippen molar-refractivity contribution in [2.24, 2.45) is 0 Å². The van der Waals surface area contributed by atoms with E-state index < -0.39 is 11.1 Å². The number of rotatable bonds is 4. The summed E-state index contributed by atoms with van der Waals surface area (Å²) in [6.45, 7) is 1.90. The van der Waals surface area contributed by atoms with Crippen molar-refractivity contribution in [3.63, 3.8) is 0 Å². The number of fused-ring (bicyclic) bond motifs is 1. The lowest BCUT2D eigenvalue weighted by Crippen LogP contribution is -2.04. The highest BCUT2D eigenvalue weighted by Crippen LogP contribution is 2.24. The number of anilines is 2. The molecule has 3 N–H and O–H groups in total. The molecule has 0 bridgehead atoms. The molecule has 0 aliphatic carbocycles. The molecule has 0 amide bonds. The van der Waals surface area contributed by atoms with Crippen molar-refractivity contribution in [1.82, 2.24) is 29.8 Å². The van der Waals surface area contributed by atoms with Gasteiger partial charge in [0.15, 0.2) is 22.5 Å². The number of aromatic amines is 1. The van der Waals surface area contributed by atoms with Crippen LogP contribution in [0, 0.1) is 6.92 Å². The molecule has 0 spiro atoms. The van der Waals surface area contributed by atoms with Crippen LogP contribution in [0.3, 0.4) is 0 Å². The van der Waals surface area contributed by atoms with Crippen LogP contribution in [0.2, 0.25) is 0 Å². The number of hydrogen-bond donors (Lipinski definition) is 3. The first kappa shape index (κ1) is 15.4. The van der Waals surface area contributed by atoms with E-state index in [1.807, 2.05) is 19.1 Å². The van der Waals surface area contributed by atoms with E-state index in [0.717, 1.165) is 5.69 Å². The fourth-order valence-corrected chi connectivity index (χ4v) is 2.84. The molecule has 0 aliphatic heterocycles. The summed E-state index contributed by atoms with van der Waals surface area (Å²) in [5, 5.41) is 14.2. The highest BCUT2D eigenvalue weighted by atomic mass is 32.2. The van der Waals surface area contributed by atoms with Gasteiger partial charge in [-0.1, -0.05) is 12.1 Å². The molecule has 0 saturated carbocycles. The van der Waals surface area contributed by atoms with Crippen molar-refractivity contribution in [3.05, 3.63) is 48.4 Å². The Morgan fingerprint density at radius 2 is 2.16 bits per heavy atom. The quantitative estimate of drug-likeness (QED) is 0.480. The Kier molecular flexibility index (Phi) is 3.75. The van der Waals surface area contributed by atoms with Crippen LogP contribution in [0.15, 0.2) is 47.6 Å². The van der Waals surface area contributed by atoms with Gasteiger partial charge in [-0.2, -0.15) is 14.7 Å². The minimum absolute atomic E-state index is 0.304. The normalized spacial score (nSPS) is 12.4. The van der Waals surface area contributed by atoms with Gasteiger partial charge in [0.25, 0.3) is 0 Å². The third kappa shape index (κ3) is 2.99. The molecule has 10 heteroatoms. The number of benzene rings is 1. The Bertz CT molecular complexity index is 1090. The van der Waals surface area contributed by atoms with Crippen LogP contribution in [0.25, 0.3) is 16.9 Å². The van der Waals surface area contributed by atoms with E-state index in [4.69, 9.17) is 0 Å². The van der Waals surface area contributed by atoms with Crippen molar-refractivity contribution in [3.8, 4) is 11.3 Å². The zero-order valence-corrected chi connectivity index (χ0v) is 13.9. The van der Waals surface area contributed by atoms with E-state index >= 15 is 0 Å². The average molecular weight is 355 g/mol. The van der Waals surface area contributed by atoms with Crippen LogP contribution >= 0.6 is 0 Å². The second-order valence-electron chi connectivity index (χ2n) is 5.33. The minimum atomic E-state index is -2.06. The van der Waals surface area contributed by atoms with Gasteiger partial charge in [0, 0.05) is 23.4 Å². The Hall–Kier alpha value is -3.11. The van der Waals surface area contributed by atoms with E-state index in [1.165, 1.54) is 6.33 Å². The molecule has 4 rings (SSSR count). The number of hydrogen-bond acceptors (Lipinski definition) is 6. The summed E-state index contributed by atoms with van der Waals surface area (Å²) in [6, 6.07) is 10.3. The first-order valence-electron chi connectivity index (χ1n) is 7.31. The van der Waals surface area contributed by atoms with Crippen molar-refractivity contribution in [2.45, 2.75) is 11.8 Å². The molecule has 0 fully saturated rings. The van der Waals surface area contributed by atoms with Crippen LogP contribution < -0.4 is 5.32 Å². The van der Waals surface area contributed by atoms with Crippen molar-refractivity contribution in [2.75, 3.05) is 5.32 Å². The predicted molar refractivity (Wildman–Crippen MR) is 91.9 cm³/mol. The zero-order valence-electron chi connectivity index (χ0n) is 13.0. The van der Waals surface area contributed by atoms with Gasteiger partial charge in [-0.05, 0) is 19.1 Å². The van der Waals surface area contributed by atoms with Crippen molar-refractivity contribution < 1.29 is 8.76 Å². The van der Waals surface area contributed by atoms with Gasteiger partial charge >= 0.3 is 0 Å². The highest BCUT2D eigenvalue weighted by Gasteiger charge is 2.12. The van der Waals surface area contributed by atoms with E-state index in [0.29, 0.717) is 33.6 Å². The van der Waals surface area contributed by atoms with Gasteiger partial charge in [-0.25, -0.2) is 14.2 Å². The molecule has 9 nitrogen and oxygen atoms in total. The average Bonchev–Trinajstić information content (AvgIpc) is 3.23. The third-order valence-corrected chi connectivity index (χ3v) is 4.20. The Morgan fingerprint density at radius 3 is 2.92 bits per heavy atom. The fraction of sp³-hybridized carbons (Fsp3) is 0.0667. The molecular formula is C15H13N7O2S. The van der Waals surface area contributed by atoms with Gasteiger partial charge in [-0.15, -0.1) is 0 Å². The molecule has 1 unspecified atom stereocenters. The topological polar surface area (TPSA) is 121 Å². The SMILES string of the molecule is Cc1cc(Nc2nc(-c3cccc(S(=O)O)c3)cc3ncnn23)n[nH]1. The Labute approximate surface area is 144 Å². The summed E-state index contributed by atoms with van der Waals surface area (Å²) in [5.74, 6) is 1.04. The van der Waals surface area contributed by atoms with E-state index in [9.17, 15) is 8.76 Å². The number of H-pyrrole nitrogens is 1. The maximum absolute atomic E-state index is 11.3. The van der Waals surface area contributed by atoms with Crippen LogP contribution in [0.4, 0.5) is 11.8 Å². The van der Waals surface area contributed by atoms with Gasteiger partial charge in [0.1, 0.15) is 6.33 Å². The second kappa shape index (κ2) is 6.07. The van der Waals surface area contributed by atoms with Crippen LogP contribution in [0.1, 0.15) is 5.69 Å². The highest BCUT2D eigenvalue weighted by molar-refractivity contribution is 7.79. The fourth-order valence-electron chi connectivity index (χ4n) is 2.42. The smallest absolute Gasteiger partial charge is 0.232 e. The van der Waals surface area contributed by atoms with E-state index in [2.05, 4.69) is 30.6 Å². The number of aryl methyl sites for hydroxylation is 1. The first-order chi connectivity index (χ1) is 12.1. The number of aromatic nitrogens is 6. The summed E-state index contributed by atoms with van der Waals surface area (Å²) < 4.78 is 22.1. The Morgan fingerprint density at radius 1 is 1.28 bits per heavy atom. The van der Waals surface area contributed by atoms with E-state index in [-0.39, 0.29) is 0 Å². The molecule has 1 atom stereocenters. The largest absolute Gasteiger partial charge is 0.307 e. The van der Waals surface area contributed by atoms with Crippen LogP contribution in [0.5, 0.6) is 0 Å². The number of nitrogens with one attached hydrogen (secondary N) is 2. The molecule has 3 aromatic heterocycles. The summed E-state index contributed by atoms with van der Waals surface area (Å²) >= 11 is -2.06. The van der Waals surface area contributed by atoms with Crippen molar-refractivity contribution >= 4 is 28.5 Å². The predicted octanol–water partition coefficient (Wildman–Crippen LogP) is 2.15. The molecule has 25 heavy (non-hydrogen) atoms. The molecule has 1 aromatic carbocycles. The molecule has 126 valence electrons. The van der Waals surface area contributed by atoms with E-state index in [1.54, 1.807) is 28.8 Å². The summed E-state index contributed by atoms with van der Waals surface area (Å²) in [4.78, 5) is 9.07. The maximum atomic E-state index is 11.3. The summed E-state index contributed by atoms with van der Waals surface area (Å²) in [7, 11) is 0. The van der Waals surface area contributed by atoms with Crippen LogP contribution in [-0.4, -0.2) is 38.5 Å². The summed E-state index contributed by atoms with van der Waals surface area (Å²) in [6.07, 6.45) is 1.43. The molecule has 0 radical (unpaired) electrons. The van der Waals surface area contributed by atoms with Gasteiger partial charge in [0.05, 0.1) is 10.6 Å². The lowest BCUT2D eigenvalue weighted by atomic mass is 10.1. The van der Waals surface area contributed by atoms with Gasteiger partial charge in [0.2, 0.25) is 5.95 Å². The molecule has 3 heterocycles. The van der Waals surface area contributed by atoms with Crippen LogP contribution in [-0.2, 0) is 11.1 Å². The summed E-state index contributed by atoms with van der Waals surface area (Å²) in [5.41, 5.74) is 2.80. The minimum Gasteiger partial charge on any atom is -0.307 e. The monoisotopic (exact) mass is 355 g/mol. The lowest BCUT2D eigenvalue weighted by molar-refractivity contribution is 0.564. The standard InChI is InChI=1S/C15H13N7O2S/c1-9-5-13(21-20-9)19-15-18-12(7-14-16-8-17-22(14)15)10-3-2-4-11(6-10)25(23)24/h2-8H,1H3,(H,23,24)(H2,18,19,20,21). The maximum Gasteiger partial charge on any atom is 0.232 e. The Balaban J connectivity index is 1.82. The molecule has 4 aromatic rings. The molecule has 0 aliphatic rings. The third-order valence-electron chi connectivity index (χ3n) is 3.54. The van der Waals surface area contributed by atoms with Gasteiger partial charge < -0.3 is 9.87 Å². The van der Waals surface area contributed by atoms with Crippen molar-refractivity contribution in [1.29, 1.82) is 0 Å². The molecule has 0 saturated heterocycles. The number of nitrogens with zero attached hydrogens (tertiary/aromatic N) is 5. The lowest BCUT2D eigenvalue weighted by Gasteiger charge is -2.08. The molecular weight excluding hydrogens is 342 g/mol. The van der Waals surface area contributed by atoms with Gasteiger partial charge in [-0.3, -0.25) is 5.10 Å². The first-order valence-corrected chi connectivity index (χ1v) is 8.42. The second-order valence-corrected chi connectivity index (χ2v) is 6.30. The zero-order chi connectivity index (χ0) is 17.4.